The molecular formula is C6H12ClNO. The molecule has 0 fully saturated rings. The molecule has 0 atom stereocenters. The zero-order valence-electron chi connectivity index (χ0n) is 6.23. The Morgan fingerprint density at radius 1 is 1.44 bits per heavy atom. The minimum absolute atomic E-state index is 0.326. The highest BCUT2D eigenvalue weighted by Crippen LogP contribution is 2.12. The van der Waals surface area contributed by atoms with E-state index in [2.05, 4.69) is 0 Å². The second-order valence-corrected chi connectivity index (χ2v) is 3.07. The van der Waals surface area contributed by atoms with Crippen LogP contribution in [0.15, 0.2) is 0 Å². The first-order valence-corrected chi connectivity index (χ1v) is 3.14. The third-order valence-corrected chi connectivity index (χ3v) is 2.06. The zero-order chi connectivity index (χ0) is 7.65. The van der Waals surface area contributed by atoms with Gasteiger partial charge in [-0.15, -0.1) is 0 Å². The fraction of sp³-hybridized carbons (Fsp3) is 0.833. The van der Waals surface area contributed by atoms with E-state index in [-0.39, 0.29) is 5.24 Å². The van der Waals surface area contributed by atoms with Gasteiger partial charge in [0, 0.05) is 0 Å². The number of halogens is 1. The highest BCUT2D eigenvalue weighted by molar-refractivity contribution is 6.65. The maximum Gasteiger partial charge on any atom is 0.241 e. The van der Waals surface area contributed by atoms with Crippen molar-refractivity contribution in [2.24, 2.45) is 0 Å². The van der Waals surface area contributed by atoms with Gasteiger partial charge in [-0.05, 0) is 39.5 Å². The monoisotopic (exact) mass is 149 g/mol. The number of carbonyl (C=O) groups excluding carboxylic acids is 1. The fourth-order valence-electron chi connectivity index (χ4n) is 0.176. The minimum atomic E-state index is -0.540. The summed E-state index contributed by atoms with van der Waals surface area (Å²) < 4.78 is 0. The molecule has 0 amide bonds. The van der Waals surface area contributed by atoms with E-state index in [0.717, 1.165) is 0 Å². The van der Waals surface area contributed by atoms with Crippen molar-refractivity contribution in [3.8, 4) is 0 Å². The van der Waals surface area contributed by atoms with Crippen LogP contribution in [0.1, 0.15) is 13.8 Å². The molecule has 2 nitrogen and oxygen atoms in total. The highest BCUT2D eigenvalue weighted by atomic mass is 35.5. The summed E-state index contributed by atoms with van der Waals surface area (Å²) in [5.41, 5.74) is -0.540. The molecule has 0 spiro atoms. The van der Waals surface area contributed by atoms with E-state index < -0.39 is 5.54 Å². The van der Waals surface area contributed by atoms with E-state index >= 15 is 0 Å². The summed E-state index contributed by atoms with van der Waals surface area (Å²) in [6.07, 6.45) is 0. The summed E-state index contributed by atoms with van der Waals surface area (Å²) >= 11 is 5.28. The van der Waals surface area contributed by atoms with Gasteiger partial charge in [-0.2, -0.15) is 0 Å². The van der Waals surface area contributed by atoms with Crippen LogP contribution in [0.2, 0.25) is 0 Å². The average molecular weight is 150 g/mol. The molecule has 0 bridgehead atoms. The van der Waals surface area contributed by atoms with Crippen LogP contribution in [-0.4, -0.2) is 29.8 Å². The molecule has 54 valence electrons. The summed E-state index contributed by atoms with van der Waals surface area (Å²) in [5, 5.41) is -0.326. The first-order chi connectivity index (χ1) is 3.89. The lowest BCUT2D eigenvalue weighted by atomic mass is 10.1. The van der Waals surface area contributed by atoms with Crippen molar-refractivity contribution >= 4 is 16.8 Å². The van der Waals surface area contributed by atoms with Crippen LogP contribution < -0.4 is 0 Å². The molecule has 0 saturated carbocycles. The largest absolute Gasteiger partial charge is 0.297 e. The number of hydrogen-bond acceptors (Lipinski definition) is 2. The summed E-state index contributed by atoms with van der Waals surface area (Å²) in [7, 11) is 3.64. The lowest BCUT2D eigenvalue weighted by Gasteiger charge is -2.27. The molecule has 0 heterocycles. The summed E-state index contributed by atoms with van der Waals surface area (Å²) in [6.45, 7) is 3.56. The van der Waals surface area contributed by atoms with Crippen molar-refractivity contribution < 1.29 is 4.79 Å². The van der Waals surface area contributed by atoms with Crippen molar-refractivity contribution in [1.29, 1.82) is 0 Å². The Hall–Kier alpha value is -0.0800. The molecule has 0 unspecified atom stereocenters. The van der Waals surface area contributed by atoms with Gasteiger partial charge in [0.25, 0.3) is 0 Å². The number of hydrogen-bond donors (Lipinski definition) is 0. The molecule has 0 rings (SSSR count). The van der Waals surface area contributed by atoms with Gasteiger partial charge in [0.15, 0.2) is 0 Å². The molecule has 0 aliphatic carbocycles. The van der Waals surface area contributed by atoms with Gasteiger partial charge in [0.1, 0.15) is 0 Å². The molecule has 0 N–H and O–H groups in total. The van der Waals surface area contributed by atoms with Gasteiger partial charge in [-0.3, -0.25) is 9.69 Å². The number of likely N-dealkylation sites (N-methyl/N-ethyl adjacent to an activating group) is 1. The molecule has 3 heteroatoms. The van der Waals surface area contributed by atoms with Crippen LogP contribution >= 0.6 is 11.6 Å². The quantitative estimate of drug-likeness (QED) is 0.548. The first-order valence-electron chi connectivity index (χ1n) is 2.76. The number of nitrogens with zero attached hydrogens (tertiary/aromatic N) is 1. The predicted molar refractivity (Wildman–Crippen MR) is 38.6 cm³/mol. The Kier molecular flexibility index (Phi) is 2.65. The molecule has 0 aromatic rings. The Bertz CT molecular complexity index is 120. The Morgan fingerprint density at radius 3 is 1.78 bits per heavy atom. The van der Waals surface area contributed by atoms with E-state index in [1.54, 1.807) is 18.7 Å². The second-order valence-electron chi connectivity index (χ2n) is 2.73. The Balaban J connectivity index is 4.19. The normalized spacial score (nSPS) is 12.2. The van der Waals surface area contributed by atoms with Crippen molar-refractivity contribution in [3.63, 3.8) is 0 Å². The van der Waals surface area contributed by atoms with Crippen LogP contribution in [-0.2, 0) is 4.79 Å². The van der Waals surface area contributed by atoms with Gasteiger partial charge in [-0.25, -0.2) is 0 Å². The molecular weight excluding hydrogens is 138 g/mol. The fourth-order valence-corrected chi connectivity index (χ4v) is 0.345. The number of rotatable bonds is 2. The van der Waals surface area contributed by atoms with Crippen LogP contribution in [0.4, 0.5) is 0 Å². The molecule has 0 aromatic carbocycles. The van der Waals surface area contributed by atoms with Crippen LogP contribution in [0.25, 0.3) is 0 Å². The van der Waals surface area contributed by atoms with Gasteiger partial charge < -0.3 is 0 Å². The predicted octanol–water partition coefficient (Wildman–Crippen LogP) is 1.09. The van der Waals surface area contributed by atoms with E-state index in [1.807, 2.05) is 14.1 Å². The van der Waals surface area contributed by atoms with Crippen LogP contribution in [0.3, 0.4) is 0 Å². The van der Waals surface area contributed by atoms with Gasteiger partial charge in [0.05, 0.1) is 5.54 Å². The number of carbonyl (C=O) groups is 1. The molecule has 9 heavy (non-hydrogen) atoms. The van der Waals surface area contributed by atoms with Crippen molar-refractivity contribution in [2.75, 3.05) is 14.1 Å². The summed E-state index contributed by atoms with van der Waals surface area (Å²) in [6, 6.07) is 0. The lowest BCUT2D eigenvalue weighted by Crippen LogP contribution is -2.43. The second kappa shape index (κ2) is 2.67. The van der Waals surface area contributed by atoms with Crippen LogP contribution in [0.5, 0.6) is 0 Å². The Morgan fingerprint density at radius 2 is 1.78 bits per heavy atom. The topological polar surface area (TPSA) is 20.3 Å². The van der Waals surface area contributed by atoms with Crippen LogP contribution in [0, 0.1) is 0 Å². The molecule has 0 aliphatic rings. The van der Waals surface area contributed by atoms with Gasteiger partial charge >= 0.3 is 0 Å². The maximum absolute atomic E-state index is 10.6. The first kappa shape index (κ1) is 8.92. The zero-order valence-corrected chi connectivity index (χ0v) is 6.99. The van der Waals surface area contributed by atoms with E-state index in [4.69, 9.17) is 11.6 Å². The lowest BCUT2D eigenvalue weighted by molar-refractivity contribution is -0.119. The van der Waals surface area contributed by atoms with Crippen molar-refractivity contribution in [1.82, 2.24) is 4.90 Å². The van der Waals surface area contributed by atoms with Gasteiger partial charge in [-0.1, -0.05) is 0 Å². The Labute approximate surface area is 60.8 Å². The standard InChI is InChI=1S/C6H12ClNO/c1-6(2,5(7)9)8(3)4/h1-4H3. The minimum Gasteiger partial charge on any atom is -0.297 e. The molecule has 0 radical (unpaired) electrons. The molecule has 0 aliphatic heterocycles. The third-order valence-electron chi connectivity index (χ3n) is 1.60. The highest BCUT2D eigenvalue weighted by Gasteiger charge is 2.27. The van der Waals surface area contributed by atoms with Crippen molar-refractivity contribution in [3.05, 3.63) is 0 Å². The SMILES string of the molecule is CN(C)C(C)(C)C(=O)Cl. The summed E-state index contributed by atoms with van der Waals surface area (Å²) in [5.74, 6) is 0. The molecule has 0 saturated heterocycles. The van der Waals surface area contributed by atoms with Crippen molar-refractivity contribution in [2.45, 2.75) is 19.4 Å². The van der Waals surface area contributed by atoms with E-state index in [9.17, 15) is 4.79 Å². The third kappa shape index (κ3) is 1.95. The molecule has 0 aromatic heterocycles. The summed E-state index contributed by atoms with van der Waals surface area (Å²) in [4.78, 5) is 12.4. The van der Waals surface area contributed by atoms with E-state index in [0.29, 0.717) is 0 Å². The van der Waals surface area contributed by atoms with Gasteiger partial charge in [0.2, 0.25) is 5.24 Å². The van der Waals surface area contributed by atoms with E-state index in [1.165, 1.54) is 0 Å². The smallest absolute Gasteiger partial charge is 0.241 e. The average Bonchev–Trinajstić information content (AvgIpc) is 1.65. The maximum atomic E-state index is 10.6.